The fourth-order valence-electron chi connectivity index (χ4n) is 10.2. The SMILES string of the molecule is COc1ccc(N2N=C([C@H]3CCC4C5CC=C6C[C@@H](OC(C)=O)CC[C@]6(C)C5CC[C@@]43C)CC2c2ccccc2)cc1. The van der Waals surface area contributed by atoms with Gasteiger partial charge in [-0.3, -0.25) is 9.80 Å². The molecule has 42 heavy (non-hydrogen) atoms. The molecule has 5 aliphatic rings. The molecule has 0 amide bonds. The molecule has 2 aromatic carbocycles. The van der Waals surface area contributed by atoms with Gasteiger partial charge >= 0.3 is 5.97 Å². The number of hydrazone groups is 1. The number of nitrogens with zero attached hydrogens (tertiary/aromatic N) is 2. The molecule has 0 N–H and O–H groups in total. The predicted octanol–water partition coefficient (Wildman–Crippen LogP) is 8.51. The zero-order chi connectivity index (χ0) is 29.1. The number of esters is 1. The molecule has 3 fully saturated rings. The third-order valence-electron chi connectivity index (χ3n) is 12.2. The summed E-state index contributed by atoms with van der Waals surface area (Å²) in [5.74, 6) is 3.51. The second-order valence-electron chi connectivity index (χ2n) is 14.2. The molecule has 3 saturated carbocycles. The normalized spacial score (nSPS) is 37.2. The van der Waals surface area contributed by atoms with Crippen molar-refractivity contribution < 1.29 is 14.3 Å². The fourth-order valence-corrected chi connectivity index (χ4v) is 10.2. The summed E-state index contributed by atoms with van der Waals surface area (Å²) in [6, 6.07) is 19.5. The van der Waals surface area contributed by atoms with Crippen molar-refractivity contribution in [2.75, 3.05) is 12.1 Å². The first-order valence-electron chi connectivity index (χ1n) is 16.2. The van der Waals surface area contributed by atoms with Crippen LogP contribution in [-0.4, -0.2) is 24.9 Å². The highest BCUT2D eigenvalue weighted by Crippen LogP contribution is 2.67. The van der Waals surface area contributed by atoms with Gasteiger partial charge in [0.1, 0.15) is 11.9 Å². The Morgan fingerprint density at radius 1 is 0.929 bits per heavy atom. The molecule has 222 valence electrons. The summed E-state index contributed by atoms with van der Waals surface area (Å²) < 4.78 is 11.1. The zero-order valence-corrected chi connectivity index (χ0v) is 25.7. The lowest BCUT2D eigenvalue weighted by Crippen LogP contribution is -2.51. The van der Waals surface area contributed by atoms with E-state index in [1.807, 2.05) is 12.1 Å². The lowest BCUT2D eigenvalue weighted by atomic mass is 9.47. The quantitative estimate of drug-likeness (QED) is 0.269. The van der Waals surface area contributed by atoms with Crippen LogP contribution in [0.25, 0.3) is 0 Å². The Labute approximate surface area is 251 Å². The monoisotopic (exact) mass is 566 g/mol. The molecule has 2 aromatic rings. The molecular formula is C37H46N2O3. The topological polar surface area (TPSA) is 51.1 Å². The van der Waals surface area contributed by atoms with Gasteiger partial charge < -0.3 is 9.47 Å². The molecule has 0 spiro atoms. The standard InChI is InChI=1S/C37H46N2O3/c1-24(40)42-29-18-20-36(2)26(22-29)10-15-30-31-16-17-33(37(31,3)21-19-32(30)36)34-23-35(25-8-6-5-7-9-25)39(38-34)27-11-13-28(41-4)14-12-27/h5-14,29-33,35H,15-23H2,1-4H3/t29-,30?,31?,32?,33+,35?,36-,37-/m0/s1. The molecule has 5 nitrogen and oxygen atoms in total. The van der Waals surface area contributed by atoms with Crippen LogP contribution in [0.5, 0.6) is 5.75 Å². The maximum atomic E-state index is 11.6. The van der Waals surface area contributed by atoms with E-state index >= 15 is 0 Å². The van der Waals surface area contributed by atoms with Crippen LogP contribution in [0.3, 0.4) is 0 Å². The first kappa shape index (κ1) is 27.7. The Balaban J connectivity index is 1.15. The van der Waals surface area contributed by atoms with Gasteiger partial charge in [0.25, 0.3) is 0 Å². The van der Waals surface area contributed by atoms with Crippen molar-refractivity contribution in [3.63, 3.8) is 0 Å². The van der Waals surface area contributed by atoms with E-state index in [0.717, 1.165) is 54.9 Å². The predicted molar refractivity (Wildman–Crippen MR) is 167 cm³/mol. The summed E-state index contributed by atoms with van der Waals surface area (Å²) in [4.78, 5) is 11.6. The minimum absolute atomic E-state index is 0.0645. The van der Waals surface area contributed by atoms with Crippen LogP contribution in [-0.2, 0) is 9.53 Å². The van der Waals surface area contributed by atoms with Crippen LogP contribution < -0.4 is 9.75 Å². The Bertz CT molecular complexity index is 1380. The van der Waals surface area contributed by atoms with Gasteiger partial charge in [0.2, 0.25) is 0 Å². The van der Waals surface area contributed by atoms with Gasteiger partial charge in [0.15, 0.2) is 0 Å². The zero-order valence-electron chi connectivity index (χ0n) is 25.7. The van der Waals surface area contributed by atoms with Crippen LogP contribution in [0.4, 0.5) is 5.69 Å². The van der Waals surface area contributed by atoms with Crippen LogP contribution in [0.15, 0.2) is 71.3 Å². The molecular weight excluding hydrogens is 520 g/mol. The smallest absolute Gasteiger partial charge is 0.302 e. The van der Waals surface area contributed by atoms with Gasteiger partial charge in [-0.2, -0.15) is 5.10 Å². The number of hydrogen-bond donors (Lipinski definition) is 0. The number of methoxy groups -OCH3 is 1. The van der Waals surface area contributed by atoms with Crippen molar-refractivity contribution in [1.82, 2.24) is 0 Å². The fraction of sp³-hybridized carbons (Fsp3) is 0.568. The van der Waals surface area contributed by atoms with Crippen LogP contribution >= 0.6 is 0 Å². The summed E-state index contributed by atoms with van der Waals surface area (Å²) in [6.07, 6.45) is 13.1. The Hall–Kier alpha value is -3.08. The highest BCUT2D eigenvalue weighted by atomic mass is 16.5. The van der Waals surface area contributed by atoms with Gasteiger partial charge in [-0.15, -0.1) is 0 Å². The number of benzene rings is 2. The molecule has 8 atom stereocenters. The number of carbonyl (C=O) groups excluding carboxylic acids is 1. The van der Waals surface area contributed by atoms with E-state index in [2.05, 4.69) is 67.4 Å². The van der Waals surface area contributed by atoms with E-state index in [4.69, 9.17) is 14.6 Å². The second kappa shape index (κ2) is 10.6. The first-order valence-corrected chi connectivity index (χ1v) is 16.2. The summed E-state index contributed by atoms with van der Waals surface area (Å²) in [5.41, 5.74) is 5.99. The van der Waals surface area contributed by atoms with E-state index in [1.165, 1.54) is 43.4 Å². The third-order valence-corrected chi connectivity index (χ3v) is 12.2. The van der Waals surface area contributed by atoms with Gasteiger partial charge in [-0.1, -0.05) is 55.8 Å². The van der Waals surface area contributed by atoms with Gasteiger partial charge in [-0.25, -0.2) is 0 Å². The molecule has 0 radical (unpaired) electrons. The molecule has 0 bridgehead atoms. The lowest BCUT2D eigenvalue weighted by molar-refractivity contribution is -0.148. The largest absolute Gasteiger partial charge is 0.497 e. The average molecular weight is 567 g/mol. The molecule has 1 aliphatic heterocycles. The molecule has 4 aliphatic carbocycles. The van der Waals surface area contributed by atoms with Gasteiger partial charge in [0, 0.05) is 31.4 Å². The highest BCUT2D eigenvalue weighted by Gasteiger charge is 2.60. The van der Waals surface area contributed by atoms with Gasteiger partial charge in [-0.05, 0) is 103 Å². The van der Waals surface area contributed by atoms with E-state index in [-0.39, 0.29) is 23.5 Å². The van der Waals surface area contributed by atoms with Crippen molar-refractivity contribution in [2.45, 2.75) is 90.7 Å². The molecule has 5 heteroatoms. The second-order valence-corrected chi connectivity index (χ2v) is 14.2. The number of rotatable bonds is 5. The van der Waals surface area contributed by atoms with Crippen LogP contribution in [0.1, 0.15) is 90.2 Å². The van der Waals surface area contributed by atoms with E-state index in [9.17, 15) is 4.79 Å². The Morgan fingerprint density at radius 3 is 2.45 bits per heavy atom. The number of allylic oxidation sites excluding steroid dienone is 1. The number of fused-ring (bicyclic) bond motifs is 5. The van der Waals surface area contributed by atoms with E-state index in [1.54, 1.807) is 19.6 Å². The Kier molecular flexibility index (Phi) is 6.98. The number of ether oxygens (including phenoxy) is 2. The maximum absolute atomic E-state index is 11.6. The summed E-state index contributed by atoms with van der Waals surface area (Å²) in [5, 5.41) is 7.74. The summed E-state index contributed by atoms with van der Waals surface area (Å²) >= 11 is 0. The van der Waals surface area contributed by atoms with E-state index < -0.39 is 0 Å². The minimum Gasteiger partial charge on any atom is -0.497 e. The molecule has 0 aromatic heterocycles. The molecule has 1 heterocycles. The van der Waals surface area contributed by atoms with E-state index in [0.29, 0.717) is 11.3 Å². The summed E-state index contributed by atoms with van der Waals surface area (Å²) in [7, 11) is 1.72. The number of hydrogen-bond acceptors (Lipinski definition) is 5. The highest BCUT2D eigenvalue weighted by molar-refractivity contribution is 5.92. The van der Waals surface area contributed by atoms with Crippen molar-refractivity contribution in [3.8, 4) is 5.75 Å². The lowest BCUT2D eigenvalue weighted by Gasteiger charge is -2.58. The minimum atomic E-state index is -0.141. The first-order chi connectivity index (χ1) is 20.3. The third kappa shape index (κ3) is 4.50. The maximum Gasteiger partial charge on any atom is 0.302 e. The summed E-state index contributed by atoms with van der Waals surface area (Å²) in [6.45, 7) is 6.69. The molecule has 0 saturated heterocycles. The Morgan fingerprint density at radius 2 is 1.71 bits per heavy atom. The number of anilines is 1. The van der Waals surface area contributed by atoms with Crippen molar-refractivity contribution in [2.24, 2.45) is 39.6 Å². The average Bonchev–Trinajstić information content (AvgIpc) is 3.59. The van der Waals surface area contributed by atoms with Crippen molar-refractivity contribution in [3.05, 3.63) is 71.8 Å². The molecule has 7 rings (SSSR count). The van der Waals surface area contributed by atoms with Crippen molar-refractivity contribution in [1.29, 1.82) is 0 Å². The van der Waals surface area contributed by atoms with Gasteiger partial charge in [0.05, 0.1) is 18.8 Å². The van der Waals surface area contributed by atoms with Crippen LogP contribution in [0, 0.1) is 34.5 Å². The number of carbonyl (C=O) groups is 1. The molecule has 4 unspecified atom stereocenters. The van der Waals surface area contributed by atoms with Crippen molar-refractivity contribution >= 4 is 17.4 Å². The van der Waals surface area contributed by atoms with Crippen LogP contribution in [0.2, 0.25) is 0 Å².